The van der Waals surface area contributed by atoms with Gasteiger partial charge in [0, 0.05) is 50.7 Å². The van der Waals surface area contributed by atoms with Gasteiger partial charge in [-0.25, -0.2) is 0 Å². The molecule has 2 N–H and O–H groups in total. The molecular weight excluding hydrogens is 386 g/mol. The maximum Gasteiger partial charge on any atom is 0.222 e. The van der Waals surface area contributed by atoms with Gasteiger partial charge >= 0.3 is 0 Å². The number of likely N-dealkylation sites (tertiary alicyclic amines) is 2. The van der Waals surface area contributed by atoms with Crippen LogP contribution in [0.25, 0.3) is 0 Å². The zero-order chi connectivity index (χ0) is 20.6. The number of aliphatic imine (C=N–C) groups is 1. The molecule has 2 saturated heterocycles. The third-order valence-corrected chi connectivity index (χ3v) is 6.25. The van der Waals surface area contributed by atoms with Crippen LogP contribution in [-0.2, 0) is 11.3 Å². The molecule has 1 aromatic carbocycles. The molecule has 0 saturated carbocycles. The Morgan fingerprint density at radius 2 is 2.00 bits per heavy atom. The Labute approximate surface area is 179 Å². The standard InChI is InChI=1S/C22H34ClN5O/c1-3-24-22(26-19-8-9-21(29)27(2)16-19)25-14-17-10-12-28(13-11-17)15-18-6-4-5-7-20(18)23/h4-7,17,19H,3,8-16H2,1-2H3,(H2,24,25,26). The molecule has 6 nitrogen and oxygen atoms in total. The fraction of sp³-hybridized carbons (Fsp3) is 0.636. The van der Waals surface area contributed by atoms with E-state index in [2.05, 4.69) is 34.6 Å². The monoisotopic (exact) mass is 419 g/mol. The minimum atomic E-state index is 0.230. The van der Waals surface area contributed by atoms with E-state index in [0.29, 0.717) is 12.3 Å². The highest BCUT2D eigenvalue weighted by Gasteiger charge is 2.24. The van der Waals surface area contributed by atoms with Crippen LogP contribution < -0.4 is 10.6 Å². The van der Waals surface area contributed by atoms with Gasteiger partial charge in [-0.2, -0.15) is 0 Å². The van der Waals surface area contributed by atoms with Crippen molar-refractivity contribution in [3.63, 3.8) is 0 Å². The van der Waals surface area contributed by atoms with Gasteiger partial charge < -0.3 is 15.5 Å². The molecule has 160 valence electrons. The Morgan fingerprint density at radius 3 is 2.69 bits per heavy atom. The lowest BCUT2D eigenvalue weighted by atomic mass is 9.96. The van der Waals surface area contributed by atoms with Crippen LogP contribution in [0.3, 0.4) is 0 Å². The number of piperidine rings is 2. The minimum absolute atomic E-state index is 0.230. The zero-order valence-electron chi connectivity index (χ0n) is 17.7. The number of carbonyl (C=O) groups excluding carboxylic acids is 1. The average molecular weight is 420 g/mol. The molecule has 0 aromatic heterocycles. The maximum atomic E-state index is 11.7. The van der Waals surface area contributed by atoms with E-state index >= 15 is 0 Å². The van der Waals surface area contributed by atoms with E-state index < -0.39 is 0 Å². The van der Waals surface area contributed by atoms with Crippen LogP contribution in [0.4, 0.5) is 0 Å². The Kier molecular flexibility index (Phi) is 8.19. The lowest BCUT2D eigenvalue weighted by Crippen LogP contribution is -2.51. The van der Waals surface area contributed by atoms with Crippen LogP contribution in [0, 0.1) is 5.92 Å². The fourth-order valence-corrected chi connectivity index (χ4v) is 4.25. The number of carbonyl (C=O) groups is 1. The molecule has 2 heterocycles. The molecule has 2 aliphatic heterocycles. The molecule has 0 bridgehead atoms. The van der Waals surface area contributed by atoms with Crippen molar-refractivity contribution >= 4 is 23.5 Å². The van der Waals surface area contributed by atoms with E-state index in [9.17, 15) is 4.79 Å². The third-order valence-electron chi connectivity index (χ3n) is 5.88. The van der Waals surface area contributed by atoms with Crippen molar-refractivity contribution in [2.24, 2.45) is 10.9 Å². The molecule has 0 spiro atoms. The number of hydrogen-bond acceptors (Lipinski definition) is 3. The second kappa shape index (κ2) is 10.8. The number of benzene rings is 1. The van der Waals surface area contributed by atoms with Gasteiger partial charge in [-0.3, -0.25) is 14.7 Å². The number of rotatable bonds is 6. The molecule has 0 aliphatic carbocycles. The minimum Gasteiger partial charge on any atom is -0.357 e. The van der Waals surface area contributed by atoms with Crippen molar-refractivity contribution in [3.05, 3.63) is 34.9 Å². The molecule has 0 radical (unpaired) electrons. The highest BCUT2D eigenvalue weighted by molar-refractivity contribution is 6.31. The summed E-state index contributed by atoms with van der Waals surface area (Å²) >= 11 is 6.30. The van der Waals surface area contributed by atoms with Crippen molar-refractivity contribution < 1.29 is 4.79 Å². The smallest absolute Gasteiger partial charge is 0.222 e. The van der Waals surface area contributed by atoms with Crippen LogP contribution in [0.5, 0.6) is 0 Å². The van der Waals surface area contributed by atoms with E-state index in [1.54, 1.807) is 4.90 Å². The van der Waals surface area contributed by atoms with E-state index in [1.165, 1.54) is 5.56 Å². The van der Waals surface area contributed by atoms with Gasteiger partial charge in [0.25, 0.3) is 0 Å². The number of halogens is 1. The first kappa shape index (κ1) is 21.9. The van der Waals surface area contributed by atoms with Crippen molar-refractivity contribution in [1.82, 2.24) is 20.4 Å². The first-order valence-electron chi connectivity index (χ1n) is 10.8. The number of hydrogen-bond donors (Lipinski definition) is 2. The molecule has 1 amide bonds. The molecule has 1 atom stereocenters. The Hall–Kier alpha value is -1.79. The molecular formula is C22H34ClN5O. The first-order valence-corrected chi connectivity index (χ1v) is 11.2. The second-order valence-electron chi connectivity index (χ2n) is 8.18. The number of nitrogens with one attached hydrogen (secondary N) is 2. The van der Waals surface area contributed by atoms with Crippen LogP contribution in [0.1, 0.15) is 38.2 Å². The lowest BCUT2D eigenvalue weighted by molar-refractivity contribution is -0.132. The van der Waals surface area contributed by atoms with Crippen molar-refractivity contribution in [2.45, 2.75) is 45.2 Å². The summed E-state index contributed by atoms with van der Waals surface area (Å²) in [5.74, 6) is 1.72. The molecule has 1 unspecified atom stereocenters. The third kappa shape index (κ3) is 6.61. The summed E-state index contributed by atoms with van der Waals surface area (Å²) in [6.07, 6.45) is 3.80. The molecule has 1 aromatic rings. The van der Waals surface area contributed by atoms with Gasteiger partial charge in [-0.15, -0.1) is 0 Å². The topological polar surface area (TPSA) is 60.0 Å². The predicted molar refractivity (Wildman–Crippen MR) is 119 cm³/mol. The summed E-state index contributed by atoms with van der Waals surface area (Å²) < 4.78 is 0. The van der Waals surface area contributed by atoms with Crippen LogP contribution in [0.15, 0.2) is 29.3 Å². The van der Waals surface area contributed by atoms with Gasteiger partial charge in [-0.1, -0.05) is 29.8 Å². The second-order valence-corrected chi connectivity index (χ2v) is 8.59. The van der Waals surface area contributed by atoms with E-state index in [0.717, 1.165) is 69.5 Å². The quantitative estimate of drug-likeness (QED) is 0.549. The predicted octanol–water partition coefficient (Wildman–Crippen LogP) is 2.73. The van der Waals surface area contributed by atoms with Gasteiger partial charge in [0.15, 0.2) is 5.96 Å². The van der Waals surface area contributed by atoms with Gasteiger partial charge in [-0.05, 0) is 56.8 Å². The Balaban J connectivity index is 1.45. The summed E-state index contributed by atoms with van der Waals surface area (Å²) in [4.78, 5) is 20.8. The fourth-order valence-electron chi connectivity index (χ4n) is 4.06. The highest BCUT2D eigenvalue weighted by atomic mass is 35.5. The molecule has 3 rings (SSSR count). The van der Waals surface area contributed by atoms with Crippen molar-refractivity contribution in [1.29, 1.82) is 0 Å². The normalized spacial score (nSPS) is 22.0. The average Bonchev–Trinajstić information content (AvgIpc) is 2.72. The molecule has 2 fully saturated rings. The number of amides is 1. The maximum absolute atomic E-state index is 11.7. The molecule has 7 heteroatoms. The number of likely N-dealkylation sites (N-methyl/N-ethyl adjacent to an activating group) is 1. The first-order chi connectivity index (χ1) is 14.0. The van der Waals surface area contributed by atoms with Gasteiger partial charge in [0.2, 0.25) is 5.91 Å². The summed E-state index contributed by atoms with van der Waals surface area (Å²) in [6, 6.07) is 8.39. The SMILES string of the molecule is CCNC(=NCC1CCN(Cc2ccccc2Cl)CC1)NC1CCC(=O)N(C)C1. The van der Waals surface area contributed by atoms with Gasteiger partial charge in [0.05, 0.1) is 0 Å². The summed E-state index contributed by atoms with van der Waals surface area (Å²) in [5.41, 5.74) is 1.21. The van der Waals surface area contributed by atoms with Crippen molar-refractivity contribution in [2.75, 3.05) is 39.8 Å². The van der Waals surface area contributed by atoms with Gasteiger partial charge in [0.1, 0.15) is 0 Å². The highest BCUT2D eigenvalue weighted by Crippen LogP contribution is 2.22. The number of guanidine groups is 1. The molecule has 2 aliphatic rings. The summed E-state index contributed by atoms with van der Waals surface area (Å²) in [7, 11) is 1.87. The lowest BCUT2D eigenvalue weighted by Gasteiger charge is -2.32. The van der Waals surface area contributed by atoms with Crippen LogP contribution in [0.2, 0.25) is 5.02 Å². The number of nitrogens with zero attached hydrogens (tertiary/aromatic N) is 3. The van der Waals surface area contributed by atoms with Crippen LogP contribution >= 0.6 is 11.6 Å². The summed E-state index contributed by atoms with van der Waals surface area (Å²) in [6.45, 7) is 7.61. The van der Waals surface area contributed by atoms with E-state index in [1.807, 2.05) is 19.2 Å². The van der Waals surface area contributed by atoms with E-state index in [4.69, 9.17) is 16.6 Å². The van der Waals surface area contributed by atoms with Crippen LogP contribution in [-0.4, -0.2) is 67.5 Å². The molecule has 29 heavy (non-hydrogen) atoms. The van der Waals surface area contributed by atoms with E-state index in [-0.39, 0.29) is 11.9 Å². The Morgan fingerprint density at radius 1 is 1.24 bits per heavy atom. The van der Waals surface area contributed by atoms with Crippen molar-refractivity contribution in [3.8, 4) is 0 Å². The Bertz CT molecular complexity index is 702. The zero-order valence-corrected chi connectivity index (χ0v) is 18.4. The summed E-state index contributed by atoms with van der Waals surface area (Å²) in [5, 5.41) is 7.73. The largest absolute Gasteiger partial charge is 0.357 e.